The highest BCUT2D eigenvalue weighted by molar-refractivity contribution is 5.65. The Kier molecular flexibility index (Phi) is 7.07. The highest BCUT2D eigenvalue weighted by atomic mass is 19.1. The lowest BCUT2D eigenvalue weighted by Crippen LogP contribution is -2.49. The van der Waals surface area contributed by atoms with Crippen LogP contribution in [-0.4, -0.2) is 47.1 Å². The fourth-order valence-corrected chi connectivity index (χ4v) is 4.14. The number of nitrogens with zero attached hydrogens (tertiary/aromatic N) is 3. The average molecular weight is 438 g/mol. The number of hydrogen-bond donors (Lipinski definition) is 2. The SMILES string of the molecule is Cc1c(CN2CCNC[C@@H]2C)cccc1-c1ccnc(NCCc2cc(F)cc(F)c2)n1. The number of benzene rings is 2. The summed E-state index contributed by atoms with van der Waals surface area (Å²) >= 11 is 0. The average Bonchev–Trinajstić information content (AvgIpc) is 2.76. The van der Waals surface area contributed by atoms with Gasteiger partial charge in [0.05, 0.1) is 5.69 Å². The van der Waals surface area contributed by atoms with Crippen molar-refractivity contribution in [2.45, 2.75) is 32.9 Å². The molecule has 168 valence electrons. The van der Waals surface area contributed by atoms with Gasteiger partial charge in [0.25, 0.3) is 0 Å². The Bertz CT molecular complexity index is 1050. The summed E-state index contributed by atoms with van der Waals surface area (Å²) in [5, 5.41) is 6.60. The van der Waals surface area contributed by atoms with Gasteiger partial charge in [-0.3, -0.25) is 4.90 Å². The second-order valence-electron chi connectivity index (χ2n) is 8.33. The van der Waals surface area contributed by atoms with Crippen LogP contribution >= 0.6 is 0 Å². The molecule has 7 heteroatoms. The molecule has 1 aliphatic rings. The number of rotatable bonds is 7. The molecule has 0 aliphatic carbocycles. The van der Waals surface area contributed by atoms with Crippen molar-refractivity contribution in [2.24, 2.45) is 0 Å². The maximum absolute atomic E-state index is 13.4. The van der Waals surface area contributed by atoms with Crippen LogP contribution < -0.4 is 10.6 Å². The maximum Gasteiger partial charge on any atom is 0.223 e. The number of halogens is 2. The summed E-state index contributed by atoms with van der Waals surface area (Å²) in [5.41, 5.74) is 5.06. The van der Waals surface area contributed by atoms with E-state index in [2.05, 4.69) is 57.5 Å². The van der Waals surface area contributed by atoms with Crippen LogP contribution in [0.15, 0.2) is 48.7 Å². The summed E-state index contributed by atoms with van der Waals surface area (Å²) in [6.45, 7) is 8.88. The largest absolute Gasteiger partial charge is 0.354 e. The number of piperazine rings is 1. The van der Waals surface area contributed by atoms with Gasteiger partial charge in [-0.25, -0.2) is 18.7 Å². The van der Waals surface area contributed by atoms with Gasteiger partial charge in [-0.15, -0.1) is 0 Å². The maximum atomic E-state index is 13.4. The van der Waals surface area contributed by atoms with Gasteiger partial charge in [-0.2, -0.15) is 0 Å². The van der Waals surface area contributed by atoms with Crippen molar-refractivity contribution in [3.8, 4) is 11.3 Å². The second-order valence-corrected chi connectivity index (χ2v) is 8.33. The van der Waals surface area contributed by atoms with Crippen LogP contribution in [0.5, 0.6) is 0 Å². The van der Waals surface area contributed by atoms with E-state index in [0.717, 1.165) is 43.5 Å². The van der Waals surface area contributed by atoms with E-state index in [1.54, 1.807) is 6.20 Å². The minimum Gasteiger partial charge on any atom is -0.354 e. The third-order valence-corrected chi connectivity index (χ3v) is 6.01. The molecule has 1 fully saturated rings. The van der Waals surface area contributed by atoms with Crippen LogP contribution in [-0.2, 0) is 13.0 Å². The van der Waals surface area contributed by atoms with Crippen LogP contribution in [0.1, 0.15) is 23.6 Å². The Morgan fingerprint density at radius 2 is 1.97 bits per heavy atom. The van der Waals surface area contributed by atoms with Crippen LogP contribution in [0.25, 0.3) is 11.3 Å². The standard InChI is InChI=1S/C25H29F2N5/c1-17-15-28-10-11-32(17)16-20-4-3-5-23(18(20)2)24-7-9-30-25(31-24)29-8-6-19-12-21(26)14-22(27)13-19/h3-5,7,9,12-14,17,28H,6,8,10-11,15-16H2,1-2H3,(H,29,30,31)/t17-/m0/s1. The zero-order valence-electron chi connectivity index (χ0n) is 18.5. The monoisotopic (exact) mass is 437 g/mol. The lowest BCUT2D eigenvalue weighted by Gasteiger charge is -2.34. The number of hydrogen-bond acceptors (Lipinski definition) is 5. The van der Waals surface area contributed by atoms with Crippen molar-refractivity contribution in [3.63, 3.8) is 0 Å². The van der Waals surface area contributed by atoms with E-state index in [4.69, 9.17) is 0 Å². The molecular weight excluding hydrogens is 408 g/mol. The smallest absolute Gasteiger partial charge is 0.223 e. The van der Waals surface area contributed by atoms with Crippen LogP contribution in [0, 0.1) is 18.6 Å². The molecule has 0 unspecified atom stereocenters. The van der Waals surface area contributed by atoms with Crippen LogP contribution in [0.3, 0.4) is 0 Å². The summed E-state index contributed by atoms with van der Waals surface area (Å²) in [6, 6.07) is 12.3. The van der Waals surface area contributed by atoms with Crippen molar-refractivity contribution in [3.05, 3.63) is 77.0 Å². The molecule has 0 amide bonds. The normalized spacial score (nSPS) is 16.8. The Balaban J connectivity index is 1.45. The molecule has 0 spiro atoms. The zero-order valence-corrected chi connectivity index (χ0v) is 18.5. The van der Waals surface area contributed by atoms with E-state index in [1.807, 2.05) is 6.07 Å². The van der Waals surface area contributed by atoms with Gasteiger partial charge in [0, 0.05) is 56.6 Å². The minimum absolute atomic E-state index is 0.472. The molecule has 3 aromatic rings. The second kappa shape index (κ2) is 10.1. The molecule has 0 saturated carbocycles. The lowest BCUT2D eigenvalue weighted by atomic mass is 9.99. The topological polar surface area (TPSA) is 53.1 Å². The summed E-state index contributed by atoms with van der Waals surface area (Å²) < 4.78 is 26.7. The molecule has 1 atom stereocenters. The molecule has 2 aromatic carbocycles. The number of anilines is 1. The van der Waals surface area contributed by atoms with Crippen LogP contribution in [0.4, 0.5) is 14.7 Å². The quantitative estimate of drug-likeness (QED) is 0.581. The van der Waals surface area contributed by atoms with E-state index in [-0.39, 0.29) is 0 Å². The summed E-state index contributed by atoms with van der Waals surface area (Å²) in [6.07, 6.45) is 2.21. The molecule has 0 bridgehead atoms. The van der Waals surface area contributed by atoms with Gasteiger partial charge < -0.3 is 10.6 Å². The Labute approximate surface area is 187 Å². The highest BCUT2D eigenvalue weighted by Gasteiger charge is 2.19. The van der Waals surface area contributed by atoms with E-state index in [0.29, 0.717) is 30.5 Å². The van der Waals surface area contributed by atoms with Gasteiger partial charge >= 0.3 is 0 Å². The molecule has 5 nitrogen and oxygen atoms in total. The molecule has 1 aliphatic heterocycles. The van der Waals surface area contributed by atoms with Crippen molar-refractivity contribution in [2.75, 3.05) is 31.5 Å². The number of nitrogens with one attached hydrogen (secondary N) is 2. The molecule has 0 radical (unpaired) electrons. The third kappa shape index (κ3) is 5.47. The van der Waals surface area contributed by atoms with Gasteiger partial charge in [-0.1, -0.05) is 18.2 Å². The first-order valence-electron chi connectivity index (χ1n) is 11.0. The number of aromatic nitrogens is 2. The van der Waals surface area contributed by atoms with Gasteiger partial charge in [0.2, 0.25) is 5.95 Å². The fourth-order valence-electron chi connectivity index (χ4n) is 4.14. The van der Waals surface area contributed by atoms with Gasteiger partial charge in [0.15, 0.2) is 0 Å². The van der Waals surface area contributed by atoms with E-state index < -0.39 is 11.6 Å². The molecule has 1 saturated heterocycles. The first-order chi connectivity index (χ1) is 15.5. The zero-order chi connectivity index (χ0) is 22.5. The van der Waals surface area contributed by atoms with Crippen molar-refractivity contribution in [1.29, 1.82) is 0 Å². The Morgan fingerprint density at radius 1 is 1.16 bits per heavy atom. The third-order valence-electron chi connectivity index (χ3n) is 6.01. The van der Waals surface area contributed by atoms with Crippen molar-refractivity contribution < 1.29 is 8.78 Å². The summed E-state index contributed by atoms with van der Waals surface area (Å²) in [7, 11) is 0. The van der Waals surface area contributed by atoms with Crippen molar-refractivity contribution in [1.82, 2.24) is 20.2 Å². The minimum atomic E-state index is -0.566. The summed E-state index contributed by atoms with van der Waals surface area (Å²) in [4.78, 5) is 11.5. The molecule has 2 N–H and O–H groups in total. The molecule has 32 heavy (non-hydrogen) atoms. The molecule has 2 heterocycles. The van der Waals surface area contributed by atoms with Gasteiger partial charge in [-0.05, 0) is 55.2 Å². The highest BCUT2D eigenvalue weighted by Crippen LogP contribution is 2.26. The van der Waals surface area contributed by atoms with Crippen LogP contribution in [0.2, 0.25) is 0 Å². The lowest BCUT2D eigenvalue weighted by molar-refractivity contribution is 0.165. The predicted octanol–water partition coefficient (Wildman–Crippen LogP) is 4.18. The van der Waals surface area contributed by atoms with E-state index in [9.17, 15) is 8.78 Å². The van der Waals surface area contributed by atoms with Crippen molar-refractivity contribution >= 4 is 5.95 Å². The first-order valence-corrected chi connectivity index (χ1v) is 11.0. The summed E-state index contributed by atoms with van der Waals surface area (Å²) in [5.74, 6) is -0.632. The molecule has 1 aromatic heterocycles. The predicted molar refractivity (Wildman–Crippen MR) is 123 cm³/mol. The molecule has 4 rings (SSSR count). The van der Waals surface area contributed by atoms with Gasteiger partial charge in [0.1, 0.15) is 11.6 Å². The first kappa shape index (κ1) is 22.3. The van der Waals surface area contributed by atoms with E-state index in [1.165, 1.54) is 23.3 Å². The van der Waals surface area contributed by atoms with E-state index >= 15 is 0 Å². The fraction of sp³-hybridized carbons (Fsp3) is 0.360. The Hall–Kier alpha value is -2.90. The molecular formula is C25H29F2N5. The Morgan fingerprint density at radius 3 is 2.75 bits per heavy atom.